The van der Waals surface area contributed by atoms with Gasteiger partial charge in [-0.2, -0.15) is 0 Å². The minimum atomic E-state index is 0.279. The molecule has 2 N–H and O–H groups in total. The molecule has 1 aromatic rings. The van der Waals surface area contributed by atoms with Crippen molar-refractivity contribution in [3.8, 4) is 0 Å². The molecule has 0 aliphatic heterocycles. The summed E-state index contributed by atoms with van der Waals surface area (Å²) < 4.78 is 1.94. The van der Waals surface area contributed by atoms with Crippen LogP contribution in [0.5, 0.6) is 0 Å². The maximum atomic E-state index is 5.50. The van der Waals surface area contributed by atoms with Gasteiger partial charge < -0.3 is 5.73 Å². The van der Waals surface area contributed by atoms with Gasteiger partial charge >= 0.3 is 0 Å². The topological polar surface area (TPSA) is 56.7 Å². The molecule has 1 aromatic heterocycles. The number of aromatic nitrogens is 3. The molecule has 0 radical (unpaired) electrons. The third-order valence-electron chi connectivity index (χ3n) is 3.44. The molecule has 0 aromatic carbocycles. The fourth-order valence-electron chi connectivity index (χ4n) is 2.44. The second kappa shape index (κ2) is 4.91. The summed E-state index contributed by atoms with van der Waals surface area (Å²) in [4.78, 5) is 4.41. The number of rotatable bonds is 3. The predicted molar refractivity (Wildman–Crippen MR) is 67.2 cm³/mol. The zero-order valence-electron chi connectivity index (χ0n) is 9.59. The second-order valence-electron chi connectivity index (χ2n) is 4.51. The molecule has 1 saturated carbocycles. The third-order valence-corrected chi connectivity index (χ3v) is 3.62. The van der Waals surface area contributed by atoms with Crippen molar-refractivity contribution in [2.45, 2.75) is 45.1 Å². The zero-order valence-corrected chi connectivity index (χ0v) is 10.4. The molecule has 2 unspecified atom stereocenters. The lowest BCUT2D eigenvalue weighted by Gasteiger charge is -2.28. The molecule has 1 aliphatic carbocycles. The van der Waals surface area contributed by atoms with Crippen LogP contribution in [0, 0.1) is 5.92 Å². The lowest BCUT2D eigenvalue weighted by atomic mass is 9.84. The largest absolute Gasteiger partial charge is 0.387 e. The second-order valence-corrected chi connectivity index (χ2v) is 4.95. The number of thiocarbonyl (C=S) groups is 1. The lowest BCUT2D eigenvalue weighted by Crippen LogP contribution is -2.20. The molecule has 5 heteroatoms. The SMILES string of the molecule is CCC1CCCC(n2cnc(C(N)=S)n2)C1. The normalized spacial score (nSPS) is 25.6. The van der Waals surface area contributed by atoms with Gasteiger partial charge in [-0.25, -0.2) is 9.67 Å². The van der Waals surface area contributed by atoms with E-state index in [-0.39, 0.29) is 4.99 Å². The Labute approximate surface area is 101 Å². The van der Waals surface area contributed by atoms with Crippen molar-refractivity contribution >= 4 is 17.2 Å². The highest BCUT2D eigenvalue weighted by molar-refractivity contribution is 7.80. The van der Waals surface area contributed by atoms with Crippen LogP contribution in [0.1, 0.15) is 50.9 Å². The molecular formula is C11H18N4S. The minimum Gasteiger partial charge on any atom is -0.387 e. The first-order chi connectivity index (χ1) is 7.70. The van der Waals surface area contributed by atoms with Crippen LogP contribution in [-0.4, -0.2) is 19.8 Å². The van der Waals surface area contributed by atoms with E-state index in [0.717, 1.165) is 5.92 Å². The van der Waals surface area contributed by atoms with E-state index >= 15 is 0 Å². The van der Waals surface area contributed by atoms with Gasteiger partial charge in [-0.05, 0) is 18.8 Å². The summed E-state index contributed by atoms with van der Waals surface area (Å²) in [5, 5.41) is 4.34. The van der Waals surface area contributed by atoms with E-state index in [1.54, 1.807) is 6.33 Å². The number of nitrogens with two attached hydrogens (primary N) is 1. The van der Waals surface area contributed by atoms with Gasteiger partial charge in [-0.3, -0.25) is 0 Å². The van der Waals surface area contributed by atoms with Crippen LogP contribution >= 0.6 is 12.2 Å². The van der Waals surface area contributed by atoms with Crippen LogP contribution in [0.4, 0.5) is 0 Å². The maximum Gasteiger partial charge on any atom is 0.208 e. The van der Waals surface area contributed by atoms with E-state index in [4.69, 9.17) is 18.0 Å². The molecule has 4 nitrogen and oxygen atoms in total. The van der Waals surface area contributed by atoms with E-state index < -0.39 is 0 Å². The first-order valence-corrected chi connectivity index (χ1v) is 6.32. The Hall–Kier alpha value is -0.970. The van der Waals surface area contributed by atoms with Crippen molar-refractivity contribution < 1.29 is 0 Å². The van der Waals surface area contributed by atoms with Crippen LogP contribution in [0.2, 0.25) is 0 Å². The average molecular weight is 238 g/mol. The number of hydrogen-bond acceptors (Lipinski definition) is 3. The predicted octanol–water partition coefficient (Wildman–Crippen LogP) is 2.05. The Bertz CT molecular complexity index is 374. The highest BCUT2D eigenvalue weighted by Crippen LogP contribution is 2.33. The number of hydrogen-bond donors (Lipinski definition) is 1. The molecular weight excluding hydrogens is 220 g/mol. The van der Waals surface area contributed by atoms with E-state index in [0.29, 0.717) is 11.9 Å². The highest BCUT2D eigenvalue weighted by atomic mass is 32.1. The third kappa shape index (κ3) is 2.40. The molecule has 1 fully saturated rings. The van der Waals surface area contributed by atoms with Crippen LogP contribution in [-0.2, 0) is 0 Å². The summed E-state index contributed by atoms with van der Waals surface area (Å²) >= 11 is 4.86. The summed E-state index contributed by atoms with van der Waals surface area (Å²) in [6.45, 7) is 2.26. The van der Waals surface area contributed by atoms with Crippen LogP contribution in [0.3, 0.4) is 0 Å². The number of nitrogens with zero attached hydrogens (tertiary/aromatic N) is 3. The fraction of sp³-hybridized carbons (Fsp3) is 0.727. The summed E-state index contributed by atoms with van der Waals surface area (Å²) in [5.74, 6) is 1.32. The van der Waals surface area contributed by atoms with E-state index in [1.807, 2.05) is 4.68 Å². The van der Waals surface area contributed by atoms with Crippen molar-refractivity contribution in [2.75, 3.05) is 0 Å². The quantitative estimate of drug-likeness (QED) is 0.819. The van der Waals surface area contributed by atoms with Crippen molar-refractivity contribution in [3.63, 3.8) is 0 Å². The molecule has 2 atom stereocenters. The Kier molecular flexibility index (Phi) is 3.53. The van der Waals surface area contributed by atoms with Crippen LogP contribution < -0.4 is 5.73 Å². The fourth-order valence-corrected chi connectivity index (χ4v) is 2.53. The molecule has 2 rings (SSSR count). The average Bonchev–Trinajstić information content (AvgIpc) is 2.78. The molecule has 0 amide bonds. The van der Waals surface area contributed by atoms with Gasteiger partial charge in [0.25, 0.3) is 0 Å². The molecule has 0 spiro atoms. The summed E-state index contributed by atoms with van der Waals surface area (Å²) in [6, 6.07) is 0.481. The van der Waals surface area contributed by atoms with Gasteiger partial charge in [0.2, 0.25) is 5.82 Å². The summed E-state index contributed by atoms with van der Waals surface area (Å²) in [5.41, 5.74) is 5.50. The van der Waals surface area contributed by atoms with Gasteiger partial charge in [-0.15, -0.1) is 5.10 Å². The first-order valence-electron chi connectivity index (χ1n) is 5.91. The summed E-state index contributed by atoms with van der Waals surface area (Å²) in [6.07, 6.45) is 8.05. The molecule has 0 bridgehead atoms. The Morgan fingerprint density at radius 1 is 1.62 bits per heavy atom. The molecule has 16 heavy (non-hydrogen) atoms. The monoisotopic (exact) mass is 238 g/mol. The lowest BCUT2D eigenvalue weighted by molar-refractivity contribution is 0.247. The van der Waals surface area contributed by atoms with E-state index in [2.05, 4.69) is 17.0 Å². The Morgan fingerprint density at radius 3 is 3.06 bits per heavy atom. The van der Waals surface area contributed by atoms with Crippen LogP contribution in [0.15, 0.2) is 6.33 Å². The zero-order chi connectivity index (χ0) is 11.5. The van der Waals surface area contributed by atoms with Crippen molar-refractivity contribution in [3.05, 3.63) is 12.2 Å². The van der Waals surface area contributed by atoms with E-state index in [1.165, 1.54) is 32.1 Å². The molecule has 1 aliphatic rings. The minimum absolute atomic E-state index is 0.279. The van der Waals surface area contributed by atoms with Gasteiger partial charge in [-0.1, -0.05) is 38.4 Å². The van der Waals surface area contributed by atoms with Crippen LogP contribution in [0.25, 0.3) is 0 Å². The van der Waals surface area contributed by atoms with Gasteiger partial charge in [0.05, 0.1) is 6.04 Å². The molecule has 88 valence electrons. The van der Waals surface area contributed by atoms with Gasteiger partial charge in [0.1, 0.15) is 11.3 Å². The van der Waals surface area contributed by atoms with Gasteiger partial charge in [0.15, 0.2) is 0 Å². The molecule has 0 saturated heterocycles. The standard InChI is InChI=1S/C11H18N4S/c1-2-8-4-3-5-9(6-8)15-7-13-11(14-15)10(12)16/h7-9H,2-6H2,1H3,(H2,12,16). The highest BCUT2D eigenvalue weighted by Gasteiger charge is 2.23. The maximum absolute atomic E-state index is 5.50. The molecule has 1 heterocycles. The smallest absolute Gasteiger partial charge is 0.208 e. The summed E-state index contributed by atoms with van der Waals surface area (Å²) in [7, 11) is 0. The van der Waals surface area contributed by atoms with Crippen molar-refractivity contribution in [1.82, 2.24) is 14.8 Å². The van der Waals surface area contributed by atoms with Crippen molar-refractivity contribution in [1.29, 1.82) is 0 Å². The Morgan fingerprint density at radius 2 is 2.44 bits per heavy atom. The van der Waals surface area contributed by atoms with E-state index in [9.17, 15) is 0 Å². The first kappa shape index (κ1) is 11.5. The van der Waals surface area contributed by atoms with Crippen molar-refractivity contribution in [2.24, 2.45) is 11.7 Å². The Balaban J connectivity index is 2.08. The van der Waals surface area contributed by atoms with Gasteiger partial charge in [0, 0.05) is 0 Å².